The molecular formula is C19H19FN2O3. The zero-order valence-electron chi connectivity index (χ0n) is 13.6. The molecule has 1 fully saturated rings. The van der Waals surface area contributed by atoms with Gasteiger partial charge >= 0.3 is 0 Å². The molecule has 0 spiro atoms. The van der Waals surface area contributed by atoms with Crippen LogP contribution in [0.25, 0.3) is 0 Å². The van der Waals surface area contributed by atoms with E-state index >= 15 is 0 Å². The highest BCUT2D eigenvalue weighted by Gasteiger charge is 2.35. The van der Waals surface area contributed by atoms with Gasteiger partial charge in [0.2, 0.25) is 11.8 Å². The maximum absolute atomic E-state index is 13.1. The Morgan fingerprint density at radius 1 is 1.16 bits per heavy atom. The molecule has 0 aromatic heterocycles. The van der Waals surface area contributed by atoms with Crippen LogP contribution in [0, 0.1) is 5.82 Å². The number of carbonyl (C=O) groups is 2. The summed E-state index contributed by atoms with van der Waals surface area (Å²) in [5, 5.41) is 10.0. The third-order valence-corrected chi connectivity index (χ3v) is 4.48. The van der Waals surface area contributed by atoms with E-state index in [0.29, 0.717) is 17.5 Å². The van der Waals surface area contributed by atoms with E-state index < -0.39 is 12.0 Å². The van der Waals surface area contributed by atoms with Crippen LogP contribution in [-0.2, 0) is 11.2 Å². The number of carbonyl (C=O) groups excluding carboxylic acids is 2. The van der Waals surface area contributed by atoms with Gasteiger partial charge < -0.3 is 15.7 Å². The van der Waals surface area contributed by atoms with Crippen molar-refractivity contribution in [2.45, 2.75) is 25.0 Å². The van der Waals surface area contributed by atoms with Crippen LogP contribution in [0.15, 0.2) is 48.5 Å². The van der Waals surface area contributed by atoms with Gasteiger partial charge in [-0.15, -0.1) is 0 Å². The van der Waals surface area contributed by atoms with E-state index in [4.69, 9.17) is 5.73 Å². The van der Waals surface area contributed by atoms with Gasteiger partial charge in [0, 0.05) is 12.1 Å². The smallest absolute Gasteiger partial charge is 0.248 e. The molecule has 0 bridgehead atoms. The summed E-state index contributed by atoms with van der Waals surface area (Å²) in [6.07, 6.45) is -0.219. The first kappa shape index (κ1) is 17.1. The molecule has 0 aliphatic carbocycles. The molecule has 5 nitrogen and oxygen atoms in total. The minimum Gasteiger partial charge on any atom is -0.391 e. The molecule has 1 aliphatic heterocycles. The van der Waals surface area contributed by atoms with Gasteiger partial charge in [-0.1, -0.05) is 30.3 Å². The Labute approximate surface area is 144 Å². The summed E-state index contributed by atoms with van der Waals surface area (Å²) < 4.78 is 13.1. The standard InChI is InChI=1S/C19H19FN2O3/c20-14-7-5-12(6-8-14)17-10-15(23)11-22(17)18(24)9-13-3-1-2-4-16(13)19(21)25/h1-8,15,17,23H,9-11H2,(H2,21,25)/t15-,17+/m0/s1. The summed E-state index contributed by atoms with van der Waals surface area (Å²) in [6, 6.07) is 12.3. The molecule has 2 aromatic rings. The van der Waals surface area contributed by atoms with Gasteiger partial charge in [-0.25, -0.2) is 4.39 Å². The van der Waals surface area contributed by atoms with Crippen LogP contribution in [-0.4, -0.2) is 34.5 Å². The Balaban J connectivity index is 1.83. The second kappa shape index (κ2) is 7.03. The Morgan fingerprint density at radius 2 is 1.84 bits per heavy atom. The predicted octanol–water partition coefficient (Wildman–Crippen LogP) is 1.80. The normalized spacial score (nSPS) is 19.8. The van der Waals surface area contributed by atoms with Crippen LogP contribution in [0.1, 0.15) is 33.9 Å². The first-order valence-electron chi connectivity index (χ1n) is 8.06. The lowest BCUT2D eigenvalue weighted by Gasteiger charge is -2.25. The topological polar surface area (TPSA) is 83.6 Å². The average Bonchev–Trinajstić information content (AvgIpc) is 2.98. The molecule has 0 unspecified atom stereocenters. The molecule has 2 atom stereocenters. The van der Waals surface area contributed by atoms with Crippen LogP contribution in [0.3, 0.4) is 0 Å². The molecule has 6 heteroatoms. The van der Waals surface area contributed by atoms with Crippen molar-refractivity contribution in [1.82, 2.24) is 4.90 Å². The lowest BCUT2D eigenvalue weighted by Crippen LogP contribution is -2.33. The zero-order valence-corrected chi connectivity index (χ0v) is 13.6. The van der Waals surface area contributed by atoms with Crippen LogP contribution >= 0.6 is 0 Å². The van der Waals surface area contributed by atoms with Crippen LogP contribution in [0.2, 0.25) is 0 Å². The molecule has 1 aliphatic rings. The minimum absolute atomic E-state index is 0.0174. The van der Waals surface area contributed by atoms with Gasteiger partial charge in [-0.05, 0) is 35.7 Å². The second-order valence-corrected chi connectivity index (χ2v) is 6.20. The predicted molar refractivity (Wildman–Crippen MR) is 90.1 cm³/mol. The van der Waals surface area contributed by atoms with E-state index in [1.54, 1.807) is 41.3 Å². The number of likely N-dealkylation sites (tertiary alicyclic amines) is 1. The Morgan fingerprint density at radius 3 is 2.52 bits per heavy atom. The number of benzene rings is 2. The van der Waals surface area contributed by atoms with Crippen molar-refractivity contribution >= 4 is 11.8 Å². The number of aliphatic hydroxyl groups excluding tert-OH is 1. The van der Waals surface area contributed by atoms with Crippen molar-refractivity contribution < 1.29 is 19.1 Å². The van der Waals surface area contributed by atoms with Gasteiger partial charge in [0.25, 0.3) is 0 Å². The van der Waals surface area contributed by atoms with Gasteiger partial charge in [0.15, 0.2) is 0 Å². The molecule has 1 saturated heterocycles. The lowest BCUT2D eigenvalue weighted by atomic mass is 10.0. The molecule has 25 heavy (non-hydrogen) atoms. The molecule has 3 N–H and O–H groups in total. The summed E-state index contributed by atoms with van der Waals surface area (Å²) in [7, 11) is 0. The third kappa shape index (κ3) is 3.69. The minimum atomic E-state index is -0.634. The second-order valence-electron chi connectivity index (χ2n) is 6.20. The summed E-state index contributed by atoms with van der Waals surface area (Å²) in [4.78, 5) is 25.9. The molecule has 2 amide bonds. The number of nitrogens with two attached hydrogens (primary N) is 1. The van der Waals surface area contributed by atoms with Gasteiger partial charge in [0.1, 0.15) is 5.82 Å². The summed E-state index contributed by atoms with van der Waals surface area (Å²) in [5.41, 5.74) is 7.00. The van der Waals surface area contributed by atoms with E-state index in [1.165, 1.54) is 12.1 Å². The maximum atomic E-state index is 13.1. The van der Waals surface area contributed by atoms with E-state index in [-0.39, 0.29) is 30.7 Å². The first-order chi connectivity index (χ1) is 12.0. The molecule has 1 heterocycles. The van der Waals surface area contributed by atoms with Gasteiger partial charge in [-0.3, -0.25) is 9.59 Å². The van der Waals surface area contributed by atoms with Crippen molar-refractivity contribution in [3.63, 3.8) is 0 Å². The summed E-state index contributed by atoms with van der Waals surface area (Å²) >= 11 is 0. The fourth-order valence-electron chi connectivity index (χ4n) is 3.27. The number of nitrogens with zero attached hydrogens (tertiary/aromatic N) is 1. The maximum Gasteiger partial charge on any atom is 0.248 e. The van der Waals surface area contributed by atoms with Crippen molar-refractivity contribution in [2.24, 2.45) is 5.73 Å². The number of primary amides is 1. The highest BCUT2D eigenvalue weighted by Crippen LogP contribution is 2.33. The van der Waals surface area contributed by atoms with Gasteiger partial charge in [-0.2, -0.15) is 0 Å². The highest BCUT2D eigenvalue weighted by molar-refractivity contribution is 5.95. The SMILES string of the molecule is NC(=O)c1ccccc1CC(=O)N1C[C@@H](O)C[C@@H]1c1ccc(F)cc1. The number of halogens is 1. The zero-order chi connectivity index (χ0) is 18.0. The number of rotatable bonds is 4. The summed E-state index contributed by atoms with van der Waals surface area (Å²) in [5.74, 6) is -1.14. The van der Waals surface area contributed by atoms with Crippen molar-refractivity contribution in [1.29, 1.82) is 0 Å². The molecular weight excluding hydrogens is 323 g/mol. The number of hydrogen-bond acceptors (Lipinski definition) is 3. The third-order valence-electron chi connectivity index (χ3n) is 4.48. The molecule has 0 saturated carbocycles. The fourth-order valence-corrected chi connectivity index (χ4v) is 3.27. The number of amides is 2. The Kier molecular flexibility index (Phi) is 4.81. The lowest BCUT2D eigenvalue weighted by molar-refractivity contribution is -0.131. The van der Waals surface area contributed by atoms with E-state index in [1.807, 2.05) is 0 Å². The Bertz CT molecular complexity index is 792. The largest absolute Gasteiger partial charge is 0.391 e. The number of aliphatic hydroxyl groups is 1. The first-order valence-corrected chi connectivity index (χ1v) is 8.06. The fraction of sp³-hybridized carbons (Fsp3) is 0.263. The monoisotopic (exact) mass is 342 g/mol. The Hall–Kier alpha value is -2.73. The van der Waals surface area contributed by atoms with Crippen LogP contribution in [0.4, 0.5) is 4.39 Å². The average molecular weight is 342 g/mol. The van der Waals surface area contributed by atoms with E-state index in [9.17, 15) is 19.1 Å². The van der Waals surface area contributed by atoms with Crippen molar-refractivity contribution in [2.75, 3.05) is 6.54 Å². The van der Waals surface area contributed by atoms with Crippen LogP contribution < -0.4 is 5.73 Å². The highest BCUT2D eigenvalue weighted by atomic mass is 19.1. The number of hydrogen-bond donors (Lipinski definition) is 2. The van der Waals surface area contributed by atoms with Crippen molar-refractivity contribution in [3.8, 4) is 0 Å². The van der Waals surface area contributed by atoms with E-state index in [0.717, 1.165) is 5.56 Å². The molecule has 130 valence electrons. The molecule has 2 aromatic carbocycles. The van der Waals surface area contributed by atoms with Crippen molar-refractivity contribution in [3.05, 3.63) is 71.0 Å². The summed E-state index contributed by atoms with van der Waals surface area (Å²) in [6.45, 7) is 0.208. The molecule has 3 rings (SSSR count). The van der Waals surface area contributed by atoms with Gasteiger partial charge in [0.05, 0.1) is 18.6 Å². The van der Waals surface area contributed by atoms with Crippen LogP contribution in [0.5, 0.6) is 0 Å². The molecule has 0 radical (unpaired) electrons. The number of β-amino-alcohol motifs (C(OH)–C–C–N with tert-alkyl or cyclic N) is 1. The quantitative estimate of drug-likeness (QED) is 0.889. The van der Waals surface area contributed by atoms with E-state index in [2.05, 4.69) is 0 Å².